The number of carbonyl (C=O) groups excluding carboxylic acids is 1. The Morgan fingerprint density at radius 3 is 2.82 bits per heavy atom. The number of amides is 1. The van der Waals surface area contributed by atoms with Crippen LogP contribution in [0.4, 0.5) is 10.1 Å². The van der Waals surface area contributed by atoms with Crippen molar-refractivity contribution in [3.8, 4) is 0 Å². The molecule has 4 nitrogen and oxygen atoms in total. The first-order valence-electron chi connectivity index (χ1n) is 5.04. The molecule has 0 bridgehead atoms. The second-order valence-corrected chi connectivity index (χ2v) is 4.41. The molecule has 6 heteroatoms. The van der Waals surface area contributed by atoms with Gasteiger partial charge in [0.05, 0.1) is 24.2 Å². The number of nitrogens with one attached hydrogen (secondary N) is 1. The highest BCUT2D eigenvalue weighted by molar-refractivity contribution is 8.00. The monoisotopic (exact) mass is 259 g/mol. The quantitative estimate of drug-likeness (QED) is 0.708. The summed E-state index contributed by atoms with van der Waals surface area (Å²) in [5.74, 6) is -0.460. The standard InChI is InChI=1S/C11H14FNO3S/c12-9-3-1-2-4-10(9)13-11(16)7-17-6-8(15)5-14/h1-4,8,14-15H,5-7H2,(H,13,16). The summed E-state index contributed by atoms with van der Waals surface area (Å²) < 4.78 is 13.2. The number of para-hydroxylation sites is 1. The predicted octanol–water partition coefficient (Wildman–Crippen LogP) is 0.851. The van der Waals surface area contributed by atoms with E-state index in [0.717, 1.165) is 0 Å². The number of hydrogen-bond donors (Lipinski definition) is 3. The van der Waals surface area contributed by atoms with Crippen molar-refractivity contribution < 1.29 is 19.4 Å². The third kappa shape index (κ3) is 5.16. The molecule has 1 unspecified atom stereocenters. The summed E-state index contributed by atoms with van der Waals surface area (Å²) >= 11 is 1.17. The van der Waals surface area contributed by atoms with Gasteiger partial charge in [-0.25, -0.2) is 4.39 Å². The zero-order valence-electron chi connectivity index (χ0n) is 9.10. The number of anilines is 1. The summed E-state index contributed by atoms with van der Waals surface area (Å²) in [5, 5.41) is 20.0. The van der Waals surface area contributed by atoms with Gasteiger partial charge in [0, 0.05) is 5.75 Å². The minimum Gasteiger partial charge on any atom is -0.394 e. The third-order valence-corrected chi connectivity index (χ3v) is 2.99. The van der Waals surface area contributed by atoms with Gasteiger partial charge < -0.3 is 15.5 Å². The first kappa shape index (κ1) is 14.0. The number of halogens is 1. The van der Waals surface area contributed by atoms with Crippen molar-refractivity contribution >= 4 is 23.4 Å². The maximum atomic E-state index is 13.2. The molecule has 1 aromatic carbocycles. The van der Waals surface area contributed by atoms with E-state index in [1.165, 1.54) is 30.0 Å². The lowest BCUT2D eigenvalue weighted by Crippen LogP contribution is -2.19. The maximum absolute atomic E-state index is 13.2. The summed E-state index contributed by atoms with van der Waals surface area (Å²) in [4.78, 5) is 11.4. The number of hydrogen-bond acceptors (Lipinski definition) is 4. The molecule has 0 spiro atoms. The van der Waals surface area contributed by atoms with Crippen LogP contribution < -0.4 is 5.32 Å². The molecule has 94 valence electrons. The normalized spacial score (nSPS) is 12.2. The van der Waals surface area contributed by atoms with Crippen molar-refractivity contribution in [1.82, 2.24) is 0 Å². The fraction of sp³-hybridized carbons (Fsp3) is 0.364. The van der Waals surface area contributed by atoms with E-state index < -0.39 is 11.9 Å². The molecule has 17 heavy (non-hydrogen) atoms. The van der Waals surface area contributed by atoms with Gasteiger partial charge in [0.15, 0.2) is 0 Å². The Hall–Kier alpha value is -1.11. The maximum Gasteiger partial charge on any atom is 0.234 e. The minimum atomic E-state index is -0.832. The van der Waals surface area contributed by atoms with Gasteiger partial charge in [-0.05, 0) is 12.1 Å². The Bertz CT molecular complexity index is 375. The first-order chi connectivity index (χ1) is 8.13. The Kier molecular flexibility index (Phi) is 5.96. The van der Waals surface area contributed by atoms with Crippen LogP contribution >= 0.6 is 11.8 Å². The molecule has 0 radical (unpaired) electrons. The Balaban J connectivity index is 2.33. The molecule has 1 amide bonds. The molecular formula is C11H14FNO3S. The molecular weight excluding hydrogens is 245 g/mol. The van der Waals surface area contributed by atoms with Gasteiger partial charge >= 0.3 is 0 Å². The van der Waals surface area contributed by atoms with E-state index in [-0.39, 0.29) is 29.7 Å². The van der Waals surface area contributed by atoms with Crippen molar-refractivity contribution in [2.45, 2.75) is 6.10 Å². The fourth-order valence-electron chi connectivity index (χ4n) is 1.09. The molecule has 0 aliphatic rings. The van der Waals surface area contributed by atoms with Gasteiger partial charge in [-0.2, -0.15) is 0 Å². The second kappa shape index (κ2) is 7.26. The number of thioether (sulfide) groups is 1. The van der Waals surface area contributed by atoms with E-state index >= 15 is 0 Å². The van der Waals surface area contributed by atoms with Gasteiger partial charge in [-0.1, -0.05) is 12.1 Å². The van der Waals surface area contributed by atoms with E-state index in [9.17, 15) is 9.18 Å². The van der Waals surface area contributed by atoms with Crippen LogP contribution in [0.2, 0.25) is 0 Å². The summed E-state index contributed by atoms with van der Waals surface area (Å²) in [7, 11) is 0. The average Bonchev–Trinajstić information content (AvgIpc) is 2.32. The topological polar surface area (TPSA) is 69.6 Å². The summed E-state index contributed by atoms with van der Waals surface area (Å²) in [5.41, 5.74) is 0.140. The summed E-state index contributed by atoms with van der Waals surface area (Å²) in [6, 6.07) is 5.90. The molecule has 1 rings (SSSR count). The van der Waals surface area contributed by atoms with Crippen LogP contribution in [0.3, 0.4) is 0 Å². The molecule has 0 heterocycles. The zero-order valence-corrected chi connectivity index (χ0v) is 9.91. The smallest absolute Gasteiger partial charge is 0.234 e. The van der Waals surface area contributed by atoms with Gasteiger partial charge in [-0.3, -0.25) is 4.79 Å². The van der Waals surface area contributed by atoms with Crippen LogP contribution in [0.15, 0.2) is 24.3 Å². The fourth-order valence-corrected chi connectivity index (χ4v) is 1.84. The molecule has 0 aliphatic carbocycles. The third-order valence-electron chi connectivity index (χ3n) is 1.90. The number of carbonyl (C=O) groups is 1. The van der Waals surface area contributed by atoms with Crippen LogP contribution in [0, 0.1) is 5.82 Å². The van der Waals surface area contributed by atoms with E-state index in [4.69, 9.17) is 10.2 Å². The Morgan fingerprint density at radius 1 is 1.47 bits per heavy atom. The highest BCUT2D eigenvalue weighted by atomic mass is 32.2. The van der Waals surface area contributed by atoms with Crippen LogP contribution in [-0.4, -0.2) is 40.3 Å². The van der Waals surface area contributed by atoms with Gasteiger partial charge in [-0.15, -0.1) is 11.8 Å². The number of aliphatic hydroxyl groups is 2. The molecule has 0 aromatic heterocycles. The number of aliphatic hydroxyl groups excluding tert-OH is 2. The highest BCUT2D eigenvalue weighted by Gasteiger charge is 2.08. The predicted molar refractivity (Wildman–Crippen MR) is 65.4 cm³/mol. The van der Waals surface area contributed by atoms with Crippen LogP contribution in [0.5, 0.6) is 0 Å². The van der Waals surface area contributed by atoms with Crippen molar-refractivity contribution in [2.24, 2.45) is 0 Å². The summed E-state index contributed by atoms with van der Waals surface area (Å²) in [6.45, 7) is -0.331. The molecule has 0 saturated heterocycles. The lowest BCUT2D eigenvalue weighted by molar-refractivity contribution is -0.113. The molecule has 0 saturated carbocycles. The lowest BCUT2D eigenvalue weighted by atomic mass is 10.3. The minimum absolute atomic E-state index is 0.103. The number of benzene rings is 1. The van der Waals surface area contributed by atoms with Crippen molar-refractivity contribution in [3.05, 3.63) is 30.1 Å². The Morgan fingerprint density at radius 2 is 2.18 bits per heavy atom. The highest BCUT2D eigenvalue weighted by Crippen LogP contribution is 2.13. The SMILES string of the molecule is O=C(CSCC(O)CO)Nc1ccccc1F. The van der Waals surface area contributed by atoms with E-state index in [1.54, 1.807) is 6.07 Å². The van der Waals surface area contributed by atoms with Gasteiger partial charge in [0.2, 0.25) is 5.91 Å². The van der Waals surface area contributed by atoms with Crippen molar-refractivity contribution in [1.29, 1.82) is 0 Å². The summed E-state index contributed by atoms with van der Waals surface area (Å²) in [6.07, 6.45) is -0.832. The largest absolute Gasteiger partial charge is 0.394 e. The molecule has 0 fully saturated rings. The van der Waals surface area contributed by atoms with Crippen LogP contribution in [-0.2, 0) is 4.79 Å². The van der Waals surface area contributed by atoms with Crippen molar-refractivity contribution in [3.63, 3.8) is 0 Å². The zero-order chi connectivity index (χ0) is 12.7. The van der Waals surface area contributed by atoms with Gasteiger partial charge in [0.1, 0.15) is 5.82 Å². The number of rotatable bonds is 6. The average molecular weight is 259 g/mol. The Labute approximate surface area is 103 Å². The molecule has 1 aromatic rings. The van der Waals surface area contributed by atoms with E-state index in [1.807, 2.05) is 0 Å². The molecule has 0 aliphatic heterocycles. The molecule has 1 atom stereocenters. The van der Waals surface area contributed by atoms with E-state index in [0.29, 0.717) is 0 Å². The molecule has 3 N–H and O–H groups in total. The second-order valence-electron chi connectivity index (χ2n) is 3.38. The van der Waals surface area contributed by atoms with Crippen LogP contribution in [0.1, 0.15) is 0 Å². The first-order valence-corrected chi connectivity index (χ1v) is 6.20. The lowest BCUT2D eigenvalue weighted by Gasteiger charge is -2.07. The van der Waals surface area contributed by atoms with Crippen LogP contribution in [0.25, 0.3) is 0 Å². The van der Waals surface area contributed by atoms with E-state index in [2.05, 4.69) is 5.32 Å². The van der Waals surface area contributed by atoms with Gasteiger partial charge in [0.25, 0.3) is 0 Å². The van der Waals surface area contributed by atoms with Crippen molar-refractivity contribution in [2.75, 3.05) is 23.4 Å².